The molecule has 4 rings (SSSR count). The molecular formula is C24H31N3O2S2. The highest BCUT2D eigenvalue weighted by molar-refractivity contribution is 7.80. The van der Waals surface area contributed by atoms with Gasteiger partial charge in [-0.25, -0.2) is 4.79 Å². The van der Waals surface area contributed by atoms with Gasteiger partial charge in [-0.05, 0) is 74.0 Å². The molecule has 1 unspecified atom stereocenters. The van der Waals surface area contributed by atoms with E-state index in [1.807, 2.05) is 0 Å². The summed E-state index contributed by atoms with van der Waals surface area (Å²) in [6, 6.07) is 6.49. The van der Waals surface area contributed by atoms with Crippen molar-refractivity contribution >= 4 is 45.3 Å². The van der Waals surface area contributed by atoms with Crippen molar-refractivity contribution in [2.45, 2.75) is 40.0 Å². The summed E-state index contributed by atoms with van der Waals surface area (Å²) in [6.45, 7) is 10.2. The topological polar surface area (TPSA) is 44.8 Å². The largest absolute Gasteiger partial charge is 0.465 e. The first-order valence-electron chi connectivity index (χ1n) is 11.0. The normalized spacial score (nSPS) is 18.5. The van der Waals surface area contributed by atoms with E-state index in [2.05, 4.69) is 54.1 Å². The summed E-state index contributed by atoms with van der Waals surface area (Å²) in [5, 5.41) is 4.93. The molecule has 1 aliphatic carbocycles. The molecule has 0 amide bonds. The van der Waals surface area contributed by atoms with Gasteiger partial charge < -0.3 is 19.9 Å². The standard InChI is InChI=1S/C24H31N3O2S2/c1-15-8-9-18-20(14-15)31-22(21(18)23(28)29-4)25-24(30)27-12-10-26(11-13-27)19-7-5-6-16(2)17(19)3/h5-7,15H,8-14H2,1-4H3,(H,25,30). The number of anilines is 2. The Hall–Kier alpha value is -2.12. The molecule has 1 atom stereocenters. The van der Waals surface area contributed by atoms with Crippen molar-refractivity contribution in [3.8, 4) is 0 Å². The van der Waals surface area contributed by atoms with Crippen molar-refractivity contribution in [3.05, 3.63) is 45.3 Å². The molecule has 7 heteroatoms. The molecule has 1 saturated heterocycles. The van der Waals surface area contributed by atoms with E-state index >= 15 is 0 Å². The molecule has 166 valence electrons. The predicted octanol–water partition coefficient (Wildman–Crippen LogP) is 4.80. The number of hydrogen-bond donors (Lipinski definition) is 1. The fraction of sp³-hybridized carbons (Fsp3) is 0.500. The van der Waals surface area contributed by atoms with Gasteiger partial charge in [-0.2, -0.15) is 0 Å². The number of hydrogen-bond acceptors (Lipinski definition) is 5. The van der Waals surface area contributed by atoms with E-state index in [-0.39, 0.29) is 5.97 Å². The molecule has 0 bridgehead atoms. The Kier molecular flexibility index (Phi) is 6.53. The Morgan fingerprint density at radius 2 is 1.97 bits per heavy atom. The van der Waals surface area contributed by atoms with Crippen LogP contribution in [0.2, 0.25) is 0 Å². The van der Waals surface area contributed by atoms with Gasteiger partial charge in [0.1, 0.15) is 5.00 Å². The van der Waals surface area contributed by atoms with E-state index in [1.54, 1.807) is 11.3 Å². The second-order valence-electron chi connectivity index (χ2n) is 8.67. The smallest absolute Gasteiger partial charge is 0.341 e. The molecule has 1 fully saturated rings. The van der Waals surface area contributed by atoms with Crippen molar-refractivity contribution in [2.75, 3.05) is 43.5 Å². The molecule has 1 aliphatic heterocycles. The minimum Gasteiger partial charge on any atom is -0.465 e. The molecule has 2 aromatic rings. The number of aryl methyl sites for hydroxylation is 1. The van der Waals surface area contributed by atoms with Gasteiger partial charge in [-0.3, -0.25) is 0 Å². The maximum Gasteiger partial charge on any atom is 0.341 e. The summed E-state index contributed by atoms with van der Waals surface area (Å²) in [7, 11) is 1.45. The maximum atomic E-state index is 12.5. The first-order chi connectivity index (χ1) is 14.9. The summed E-state index contributed by atoms with van der Waals surface area (Å²) in [5.41, 5.74) is 5.82. The number of methoxy groups -OCH3 is 1. The van der Waals surface area contributed by atoms with Gasteiger partial charge >= 0.3 is 5.97 Å². The van der Waals surface area contributed by atoms with Crippen LogP contribution in [0.25, 0.3) is 0 Å². The summed E-state index contributed by atoms with van der Waals surface area (Å²) in [6.07, 6.45) is 3.06. The fourth-order valence-corrected chi connectivity index (χ4v) is 6.31. The molecule has 1 aromatic heterocycles. The van der Waals surface area contributed by atoms with Crippen LogP contribution < -0.4 is 10.2 Å². The monoisotopic (exact) mass is 457 g/mol. The summed E-state index contributed by atoms with van der Waals surface area (Å²) in [5.74, 6) is 0.381. The van der Waals surface area contributed by atoms with Gasteiger partial charge in [-0.1, -0.05) is 19.1 Å². The molecule has 0 radical (unpaired) electrons. The van der Waals surface area contributed by atoms with Crippen LogP contribution in [0.5, 0.6) is 0 Å². The van der Waals surface area contributed by atoms with Crippen LogP contribution in [0.15, 0.2) is 18.2 Å². The van der Waals surface area contributed by atoms with Gasteiger partial charge in [0.15, 0.2) is 5.11 Å². The number of fused-ring (bicyclic) bond motifs is 1. The summed E-state index contributed by atoms with van der Waals surface area (Å²) >= 11 is 7.42. The van der Waals surface area contributed by atoms with Crippen molar-refractivity contribution in [3.63, 3.8) is 0 Å². The van der Waals surface area contributed by atoms with E-state index in [4.69, 9.17) is 17.0 Å². The highest BCUT2D eigenvalue weighted by Gasteiger charge is 2.29. The van der Waals surface area contributed by atoms with Crippen LogP contribution in [-0.4, -0.2) is 49.3 Å². The number of carbonyl (C=O) groups is 1. The van der Waals surface area contributed by atoms with Crippen LogP contribution in [0.1, 0.15) is 45.3 Å². The van der Waals surface area contributed by atoms with Gasteiger partial charge in [0.05, 0.1) is 12.7 Å². The summed E-state index contributed by atoms with van der Waals surface area (Å²) in [4.78, 5) is 18.5. The molecular weight excluding hydrogens is 426 g/mol. The van der Waals surface area contributed by atoms with Gasteiger partial charge in [0.25, 0.3) is 0 Å². The van der Waals surface area contributed by atoms with E-state index in [0.717, 1.165) is 56.0 Å². The van der Waals surface area contributed by atoms with Gasteiger partial charge in [0.2, 0.25) is 0 Å². The molecule has 1 N–H and O–H groups in total. The van der Waals surface area contributed by atoms with Crippen LogP contribution in [0, 0.1) is 19.8 Å². The van der Waals surface area contributed by atoms with Crippen LogP contribution >= 0.6 is 23.6 Å². The quantitative estimate of drug-likeness (QED) is 0.528. The number of nitrogens with one attached hydrogen (secondary N) is 1. The lowest BCUT2D eigenvalue weighted by Crippen LogP contribution is -2.50. The molecule has 2 aliphatic rings. The Balaban J connectivity index is 1.46. The minimum atomic E-state index is -0.267. The lowest BCUT2D eigenvalue weighted by atomic mass is 9.88. The molecule has 0 saturated carbocycles. The van der Waals surface area contributed by atoms with Crippen LogP contribution in [0.3, 0.4) is 0 Å². The fourth-order valence-electron chi connectivity index (χ4n) is 4.56. The number of thiophene rings is 1. The van der Waals surface area contributed by atoms with E-state index in [9.17, 15) is 4.79 Å². The zero-order chi connectivity index (χ0) is 22.1. The number of ether oxygens (including phenoxy) is 1. The zero-order valence-electron chi connectivity index (χ0n) is 18.8. The highest BCUT2D eigenvalue weighted by Crippen LogP contribution is 2.40. The Morgan fingerprint density at radius 3 is 2.68 bits per heavy atom. The van der Waals surface area contributed by atoms with E-state index in [0.29, 0.717) is 16.6 Å². The number of piperazine rings is 1. The maximum absolute atomic E-state index is 12.5. The van der Waals surface area contributed by atoms with Gasteiger partial charge in [-0.15, -0.1) is 11.3 Å². The SMILES string of the molecule is COC(=O)c1c(NC(=S)N2CCN(c3cccc(C)c3C)CC2)sc2c1CCC(C)C2. The van der Waals surface area contributed by atoms with Crippen molar-refractivity contribution < 1.29 is 9.53 Å². The number of nitrogens with zero attached hydrogens (tertiary/aromatic N) is 2. The van der Waals surface area contributed by atoms with Crippen molar-refractivity contribution in [1.29, 1.82) is 0 Å². The number of benzene rings is 1. The molecule has 2 heterocycles. The Labute approximate surface area is 194 Å². The number of esters is 1. The van der Waals surface area contributed by atoms with Crippen LogP contribution in [-0.2, 0) is 17.6 Å². The summed E-state index contributed by atoms with van der Waals surface area (Å²) < 4.78 is 5.10. The van der Waals surface area contributed by atoms with E-state index in [1.165, 1.54) is 28.8 Å². The first-order valence-corrected chi connectivity index (χ1v) is 12.2. The van der Waals surface area contributed by atoms with Crippen LogP contribution in [0.4, 0.5) is 10.7 Å². The van der Waals surface area contributed by atoms with Crippen molar-refractivity contribution in [1.82, 2.24) is 4.90 Å². The second kappa shape index (κ2) is 9.17. The highest BCUT2D eigenvalue weighted by atomic mass is 32.1. The lowest BCUT2D eigenvalue weighted by molar-refractivity contribution is 0.0601. The third-order valence-corrected chi connectivity index (χ3v) is 8.14. The Bertz CT molecular complexity index is 993. The Morgan fingerprint density at radius 1 is 1.23 bits per heavy atom. The third-order valence-electron chi connectivity index (χ3n) is 6.61. The molecule has 31 heavy (non-hydrogen) atoms. The number of thiocarbonyl (C=S) groups is 1. The first kappa shape index (κ1) is 22.1. The molecule has 0 spiro atoms. The number of carbonyl (C=O) groups excluding carboxylic acids is 1. The van der Waals surface area contributed by atoms with E-state index < -0.39 is 0 Å². The third kappa shape index (κ3) is 4.44. The molecule has 1 aromatic carbocycles. The number of rotatable bonds is 3. The van der Waals surface area contributed by atoms with Gasteiger partial charge in [0, 0.05) is 36.7 Å². The minimum absolute atomic E-state index is 0.267. The lowest BCUT2D eigenvalue weighted by Gasteiger charge is -2.38. The second-order valence-corrected chi connectivity index (χ2v) is 10.2. The predicted molar refractivity (Wildman–Crippen MR) is 133 cm³/mol. The zero-order valence-corrected chi connectivity index (χ0v) is 20.4. The molecule has 5 nitrogen and oxygen atoms in total. The average Bonchev–Trinajstić information content (AvgIpc) is 3.12. The van der Waals surface area contributed by atoms with Crippen molar-refractivity contribution in [2.24, 2.45) is 5.92 Å². The average molecular weight is 458 g/mol.